The highest BCUT2D eigenvalue weighted by Gasteiger charge is 2.37. The van der Waals surface area contributed by atoms with Crippen LogP contribution in [0.3, 0.4) is 0 Å². The minimum atomic E-state index is -3.34. The molecule has 2 heterocycles. The van der Waals surface area contributed by atoms with Crippen LogP contribution in [0, 0.1) is 0 Å². The van der Waals surface area contributed by atoms with Crippen LogP contribution >= 0.6 is 11.3 Å². The van der Waals surface area contributed by atoms with Gasteiger partial charge in [0.05, 0.1) is 28.0 Å². The number of piperidine rings is 1. The number of carboxylic acids is 1. The molecule has 1 aliphatic heterocycles. The zero-order valence-electron chi connectivity index (χ0n) is 21.3. The Morgan fingerprint density at radius 1 is 1.05 bits per heavy atom. The molecule has 1 saturated carbocycles. The number of carboxylic acid groups (broad SMARTS) is 1. The topological polar surface area (TPSA) is 135 Å². The third kappa shape index (κ3) is 6.64. The molecule has 1 atom stereocenters. The number of anilines is 1. The summed E-state index contributed by atoms with van der Waals surface area (Å²) in [5.74, 6) is -1.01. The van der Waals surface area contributed by atoms with Gasteiger partial charge in [-0.3, -0.25) is 10.1 Å². The van der Waals surface area contributed by atoms with Gasteiger partial charge in [0.1, 0.15) is 5.75 Å². The maximum Gasteiger partial charge on any atom is 0.335 e. The third-order valence-electron chi connectivity index (χ3n) is 6.74. The third-order valence-corrected chi connectivity index (χ3v) is 9.81. The molecule has 12 heteroatoms. The summed E-state index contributed by atoms with van der Waals surface area (Å²) in [6.07, 6.45) is 3.33. The SMILES string of the molecule is CN1CCC(OC(C(=O)Nc2ncc(Oc3ccc(C(=O)O)cc3)s2)c2ccc(S(=O)(=O)C3CC3)cc2)CC1. The van der Waals surface area contributed by atoms with Crippen molar-refractivity contribution < 1.29 is 32.6 Å². The van der Waals surface area contributed by atoms with Gasteiger partial charge in [0.15, 0.2) is 21.1 Å². The molecule has 0 spiro atoms. The lowest BCUT2D eigenvalue weighted by molar-refractivity contribution is -0.134. The Labute approximate surface area is 230 Å². The summed E-state index contributed by atoms with van der Waals surface area (Å²) in [5, 5.41) is 12.2. The first-order valence-electron chi connectivity index (χ1n) is 12.6. The van der Waals surface area contributed by atoms with Gasteiger partial charge in [-0.1, -0.05) is 23.5 Å². The smallest absolute Gasteiger partial charge is 0.335 e. The molecule has 2 aliphatic rings. The fourth-order valence-electron chi connectivity index (χ4n) is 4.33. The number of thiazole rings is 1. The summed E-state index contributed by atoms with van der Waals surface area (Å²) in [5.41, 5.74) is 0.709. The van der Waals surface area contributed by atoms with E-state index in [1.54, 1.807) is 36.4 Å². The summed E-state index contributed by atoms with van der Waals surface area (Å²) in [7, 11) is -1.29. The number of nitrogens with zero attached hydrogens (tertiary/aromatic N) is 2. The lowest BCUT2D eigenvalue weighted by Gasteiger charge is -2.31. The lowest BCUT2D eigenvalue weighted by Crippen LogP contribution is -2.36. The van der Waals surface area contributed by atoms with Crippen LogP contribution < -0.4 is 10.1 Å². The Kier molecular flexibility index (Phi) is 7.98. The number of nitrogens with one attached hydrogen (secondary N) is 1. The predicted molar refractivity (Wildman–Crippen MR) is 145 cm³/mol. The van der Waals surface area contributed by atoms with Crippen LogP contribution in [0.1, 0.15) is 47.7 Å². The maximum absolute atomic E-state index is 13.4. The minimum absolute atomic E-state index is 0.115. The molecule has 10 nitrogen and oxygen atoms in total. The van der Waals surface area contributed by atoms with E-state index in [0.29, 0.717) is 34.3 Å². The van der Waals surface area contributed by atoms with E-state index >= 15 is 0 Å². The van der Waals surface area contributed by atoms with Gasteiger partial charge in [-0.2, -0.15) is 0 Å². The summed E-state index contributed by atoms with van der Waals surface area (Å²) in [6, 6.07) is 12.3. The van der Waals surface area contributed by atoms with Crippen molar-refractivity contribution in [2.45, 2.75) is 48.0 Å². The van der Waals surface area contributed by atoms with E-state index in [1.165, 1.54) is 18.3 Å². The number of benzene rings is 2. The molecule has 0 radical (unpaired) electrons. The highest BCUT2D eigenvalue weighted by atomic mass is 32.2. The molecular formula is C27H29N3O7S2. The fourth-order valence-corrected chi connectivity index (χ4v) is 6.67. The van der Waals surface area contributed by atoms with E-state index < -0.39 is 27.8 Å². The van der Waals surface area contributed by atoms with Gasteiger partial charge in [-0.25, -0.2) is 18.2 Å². The second kappa shape index (κ2) is 11.4. The first-order chi connectivity index (χ1) is 18.7. The average Bonchev–Trinajstić information content (AvgIpc) is 3.71. The highest BCUT2D eigenvalue weighted by Crippen LogP contribution is 2.35. The molecule has 2 aromatic carbocycles. The zero-order chi connectivity index (χ0) is 27.6. The van der Waals surface area contributed by atoms with Gasteiger partial charge in [0.2, 0.25) is 5.06 Å². The van der Waals surface area contributed by atoms with Gasteiger partial charge in [-0.05, 0) is 74.7 Å². The number of aromatic carboxylic acids is 1. The molecule has 1 aliphatic carbocycles. The molecule has 5 rings (SSSR count). The standard InChI is InChI=1S/C27H29N3O7S2/c1-30-14-12-20(13-15-30)37-24(17-4-8-21(9-5-17)39(34,35)22-10-11-22)25(31)29-27-28-16-23(38-27)36-19-6-2-18(3-7-19)26(32)33/h2-9,16,20,22,24H,10-15H2,1H3,(H,32,33)(H,28,29,31). The largest absolute Gasteiger partial charge is 0.478 e. The van der Waals surface area contributed by atoms with E-state index in [4.69, 9.17) is 14.6 Å². The Balaban J connectivity index is 1.30. The summed E-state index contributed by atoms with van der Waals surface area (Å²) in [6.45, 7) is 1.72. The van der Waals surface area contributed by atoms with E-state index in [0.717, 1.165) is 37.3 Å². The summed E-state index contributed by atoms with van der Waals surface area (Å²) >= 11 is 1.12. The Bertz CT molecular complexity index is 1430. The van der Waals surface area contributed by atoms with Crippen molar-refractivity contribution in [2.24, 2.45) is 0 Å². The second-order valence-electron chi connectivity index (χ2n) is 9.74. The number of carbonyl (C=O) groups is 2. The van der Waals surface area contributed by atoms with Gasteiger partial charge in [0, 0.05) is 13.1 Å². The zero-order valence-corrected chi connectivity index (χ0v) is 22.9. The Morgan fingerprint density at radius 2 is 1.72 bits per heavy atom. The Morgan fingerprint density at radius 3 is 2.33 bits per heavy atom. The van der Waals surface area contributed by atoms with Gasteiger partial charge in [0.25, 0.3) is 5.91 Å². The van der Waals surface area contributed by atoms with Gasteiger partial charge >= 0.3 is 5.97 Å². The number of amides is 1. The van der Waals surface area contributed by atoms with Crippen molar-refractivity contribution in [3.05, 3.63) is 65.9 Å². The van der Waals surface area contributed by atoms with Crippen LogP contribution in [0.4, 0.5) is 5.13 Å². The number of ether oxygens (including phenoxy) is 2. The van der Waals surface area contributed by atoms with Crippen molar-refractivity contribution in [3.8, 4) is 10.8 Å². The molecule has 2 fully saturated rings. The quantitative estimate of drug-likeness (QED) is 0.364. The molecule has 2 N–H and O–H groups in total. The molecule has 206 valence electrons. The van der Waals surface area contributed by atoms with Crippen LogP contribution in [0.2, 0.25) is 0 Å². The number of likely N-dealkylation sites (tertiary alicyclic amines) is 1. The molecule has 1 aromatic heterocycles. The van der Waals surface area contributed by atoms with Crippen LogP contribution in [0.25, 0.3) is 0 Å². The van der Waals surface area contributed by atoms with Gasteiger partial charge < -0.3 is 19.5 Å². The minimum Gasteiger partial charge on any atom is -0.478 e. The summed E-state index contributed by atoms with van der Waals surface area (Å²) < 4.78 is 37.3. The number of carbonyl (C=O) groups excluding carboxylic acids is 1. The maximum atomic E-state index is 13.4. The first-order valence-corrected chi connectivity index (χ1v) is 15.0. The van der Waals surface area contributed by atoms with Crippen LogP contribution in [0.15, 0.2) is 59.6 Å². The van der Waals surface area contributed by atoms with Crippen molar-refractivity contribution in [3.63, 3.8) is 0 Å². The molecular weight excluding hydrogens is 542 g/mol. The molecule has 3 aromatic rings. The molecule has 39 heavy (non-hydrogen) atoms. The Hall–Kier alpha value is -3.32. The second-order valence-corrected chi connectivity index (χ2v) is 13.0. The number of hydrogen-bond acceptors (Lipinski definition) is 9. The normalized spacial score (nSPS) is 17.5. The van der Waals surface area contributed by atoms with E-state index in [2.05, 4.69) is 15.2 Å². The van der Waals surface area contributed by atoms with Crippen molar-refractivity contribution in [1.29, 1.82) is 0 Å². The van der Waals surface area contributed by atoms with Crippen LogP contribution in [0.5, 0.6) is 10.8 Å². The van der Waals surface area contributed by atoms with Crippen LogP contribution in [-0.4, -0.2) is 66.8 Å². The average molecular weight is 572 g/mol. The monoisotopic (exact) mass is 571 g/mol. The fraction of sp³-hybridized carbons (Fsp3) is 0.370. The number of rotatable bonds is 10. The van der Waals surface area contributed by atoms with Crippen molar-refractivity contribution in [2.75, 3.05) is 25.5 Å². The predicted octanol–water partition coefficient (Wildman–Crippen LogP) is 4.36. The highest BCUT2D eigenvalue weighted by molar-refractivity contribution is 7.92. The number of aromatic nitrogens is 1. The van der Waals surface area contributed by atoms with Gasteiger partial charge in [-0.15, -0.1) is 0 Å². The van der Waals surface area contributed by atoms with E-state index in [9.17, 15) is 18.0 Å². The number of sulfone groups is 1. The molecule has 0 bridgehead atoms. The molecule has 1 amide bonds. The van der Waals surface area contributed by atoms with Crippen molar-refractivity contribution in [1.82, 2.24) is 9.88 Å². The lowest BCUT2D eigenvalue weighted by atomic mass is 10.1. The first kappa shape index (κ1) is 27.3. The van der Waals surface area contributed by atoms with Crippen molar-refractivity contribution >= 4 is 38.2 Å². The molecule has 1 unspecified atom stereocenters. The number of hydrogen-bond donors (Lipinski definition) is 2. The van der Waals surface area contributed by atoms with Crippen LogP contribution in [-0.2, 0) is 19.4 Å². The summed E-state index contributed by atoms with van der Waals surface area (Å²) in [4.78, 5) is 31.2. The van der Waals surface area contributed by atoms with E-state index in [1.807, 2.05) is 7.05 Å². The molecule has 1 saturated heterocycles. The van der Waals surface area contributed by atoms with E-state index in [-0.39, 0.29) is 21.8 Å².